The summed E-state index contributed by atoms with van der Waals surface area (Å²) in [4.78, 5) is 37.3. The Kier molecular flexibility index (Phi) is 7.45. The highest BCUT2D eigenvalue weighted by Gasteiger charge is 2.20. The van der Waals surface area contributed by atoms with Crippen molar-refractivity contribution in [1.82, 2.24) is 9.78 Å². The largest absolute Gasteiger partial charge is 0.482 e. The van der Waals surface area contributed by atoms with Crippen LogP contribution in [0.25, 0.3) is 5.69 Å². The monoisotopic (exact) mass is 479 g/mol. The van der Waals surface area contributed by atoms with Crippen LogP contribution in [0, 0.1) is 5.82 Å². The van der Waals surface area contributed by atoms with E-state index in [2.05, 4.69) is 10.4 Å². The molecule has 3 rings (SSSR count). The second-order valence-corrected chi connectivity index (χ2v) is 7.11. The Bertz CT molecular complexity index is 1220. The van der Waals surface area contributed by atoms with E-state index < -0.39 is 29.9 Å². The van der Waals surface area contributed by atoms with Crippen LogP contribution in [0.1, 0.15) is 17.4 Å². The maximum Gasteiger partial charge on any atom is 0.360 e. The van der Waals surface area contributed by atoms with Crippen LogP contribution in [0.15, 0.2) is 53.3 Å². The maximum absolute atomic E-state index is 13.2. The molecule has 0 spiro atoms. The molecule has 0 aliphatic rings. The molecule has 166 valence electrons. The summed E-state index contributed by atoms with van der Waals surface area (Å²) >= 11 is 11.8. The molecule has 1 amide bonds. The fourth-order valence-corrected chi connectivity index (χ4v) is 3.05. The van der Waals surface area contributed by atoms with Crippen molar-refractivity contribution in [1.29, 1.82) is 0 Å². The van der Waals surface area contributed by atoms with E-state index in [-0.39, 0.29) is 34.4 Å². The Morgan fingerprint density at radius 2 is 1.84 bits per heavy atom. The third-order valence-electron chi connectivity index (χ3n) is 4.00. The van der Waals surface area contributed by atoms with E-state index in [1.165, 1.54) is 24.3 Å². The molecule has 0 bridgehead atoms. The van der Waals surface area contributed by atoms with E-state index in [0.29, 0.717) is 5.02 Å². The molecular weight excluding hydrogens is 464 g/mol. The fourth-order valence-electron chi connectivity index (χ4n) is 2.59. The average molecular weight is 480 g/mol. The number of carbonyl (C=O) groups is 2. The molecular formula is C21H16Cl2FN3O5. The van der Waals surface area contributed by atoms with E-state index in [1.54, 1.807) is 13.0 Å². The van der Waals surface area contributed by atoms with Gasteiger partial charge in [-0.1, -0.05) is 23.2 Å². The number of nitrogens with one attached hydrogen (secondary N) is 1. The molecule has 0 fully saturated rings. The number of hydrogen-bond donors (Lipinski definition) is 1. The number of halogens is 3. The van der Waals surface area contributed by atoms with Crippen molar-refractivity contribution in [3.05, 3.63) is 80.4 Å². The van der Waals surface area contributed by atoms with Crippen molar-refractivity contribution in [3.8, 4) is 11.4 Å². The summed E-state index contributed by atoms with van der Waals surface area (Å²) in [5.41, 5.74) is -0.918. The van der Waals surface area contributed by atoms with Gasteiger partial charge in [0.15, 0.2) is 12.3 Å². The van der Waals surface area contributed by atoms with Crippen LogP contribution in [-0.4, -0.2) is 34.9 Å². The van der Waals surface area contributed by atoms with E-state index in [0.717, 1.165) is 22.9 Å². The van der Waals surface area contributed by atoms with Gasteiger partial charge in [-0.2, -0.15) is 9.78 Å². The first kappa shape index (κ1) is 23.2. The Morgan fingerprint density at radius 3 is 2.50 bits per heavy atom. The first-order valence-electron chi connectivity index (χ1n) is 9.23. The van der Waals surface area contributed by atoms with E-state index in [1.807, 2.05) is 0 Å². The van der Waals surface area contributed by atoms with Gasteiger partial charge >= 0.3 is 5.97 Å². The molecule has 1 N–H and O–H groups in total. The number of hydrogen-bond acceptors (Lipinski definition) is 6. The van der Waals surface area contributed by atoms with Crippen LogP contribution in [-0.2, 0) is 9.53 Å². The zero-order chi connectivity index (χ0) is 23.3. The summed E-state index contributed by atoms with van der Waals surface area (Å²) in [7, 11) is 0. The molecule has 11 heteroatoms. The molecule has 8 nitrogen and oxygen atoms in total. The molecule has 3 aromatic rings. The molecule has 0 unspecified atom stereocenters. The van der Waals surface area contributed by atoms with E-state index >= 15 is 0 Å². The molecule has 0 radical (unpaired) electrons. The van der Waals surface area contributed by atoms with Crippen molar-refractivity contribution in [2.75, 3.05) is 18.5 Å². The third-order valence-corrected chi connectivity index (χ3v) is 4.53. The average Bonchev–Trinajstić information content (AvgIpc) is 2.74. The van der Waals surface area contributed by atoms with Crippen LogP contribution in [0.3, 0.4) is 0 Å². The highest BCUT2D eigenvalue weighted by atomic mass is 35.5. The van der Waals surface area contributed by atoms with Crippen molar-refractivity contribution >= 4 is 40.8 Å². The zero-order valence-electron chi connectivity index (χ0n) is 16.6. The highest BCUT2D eigenvalue weighted by Crippen LogP contribution is 2.27. The minimum absolute atomic E-state index is 0.0434. The lowest BCUT2D eigenvalue weighted by atomic mass is 10.3. The van der Waals surface area contributed by atoms with E-state index in [9.17, 15) is 18.8 Å². The summed E-state index contributed by atoms with van der Waals surface area (Å²) in [5.74, 6) is -1.82. The van der Waals surface area contributed by atoms with Crippen LogP contribution in [0.4, 0.5) is 10.1 Å². The third kappa shape index (κ3) is 5.63. The smallest absolute Gasteiger partial charge is 0.360 e. The van der Waals surface area contributed by atoms with Crippen LogP contribution in [0.5, 0.6) is 5.75 Å². The number of benzene rings is 2. The lowest BCUT2D eigenvalue weighted by Crippen LogP contribution is -2.28. The number of aromatic nitrogens is 2. The first-order valence-corrected chi connectivity index (χ1v) is 9.99. The number of nitrogens with zero attached hydrogens (tertiary/aromatic N) is 2. The van der Waals surface area contributed by atoms with E-state index in [4.69, 9.17) is 32.7 Å². The van der Waals surface area contributed by atoms with Gasteiger partial charge in [-0.05, 0) is 49.4 Å². The SMILES string of the molecule is CCOC(=O)c1nn(-c2ccc(F)cc2)c(=O)cc1NC(=O)COc1ccc(Cl)cc1Cl. The highest BCUT2D eigenvalue weighted by molar-refractivity contribution is 6.35. The zero-order valence-corrected chi connectivity index (χ0v) is 18.1. The van der Waals surface area contributed by atoms with Gasteiger partial charge in [0.25, 0.3) is 11.5 Å². The van der Waals surface area contributed by atoms with Gasteiger partial charge in [0, 0.05) is 11.1 Å². The van der Waals surface area contributed by atoms with Crippen LogP contribution < -0.4 is 15.6 Å². The second kappa shape index (κ2) is 10.3. The molecule has 32 heavy (non-hydrogen) atoms. The fraction of sp³-hybridized carbons (Fsp3) is 0.143. The number of ether oxygens (including phenoxy) is 2. The summed E-state index contributed by atoms with van der Waals surface area (Å²) in [5, 5.41) is 7.02. The van der Waals surface area contributed by atoms with Gasteiger partial charge in [-0.3, -0.25) is 9.59 Å². The molecule has 0 saturated carbocycles. The quantitative estimate of drug-likeness (QED) is 0.516. The molecule has 0 aliphatic carbocycles. The van der Waals surface area contributed by atoms with Crippen molar-refractivity contribution in [2.24, 2.45) is 0 Å². The number of anilines is 1. The Balaban J connectivity index is 1.86. The lowest BCUT2D eigenvalue weighted by molar-refractivity contribution is -0.118. The van der Waals surface area contributed by atoms with Gasteiger partial charge in [-0.15, -0.1) is 0 Å². The number of esters is 1. The minimum Gasteiger partial charge on any atom is -0.482 e. The molecule has 1 aromatic heterocycles. The number of carbonyl (C=O) groups excluding carboxylic acids is 2. The molecule has 0 atom stereocenters. The molecule has 0 aliphatic heterocycles. The van der Waals surface area contributed by atoms with Gasteiger partial charge < -0.3 is 14.8 Å². The van der Waals surface area contributed by atoms with Crippen molar-refractivity contribution in [2.45, 2.75) is 6.92 Å². The van der Waals surface area contributed by atoms with Gasteiger partial charge in [0.1, 0.15) is 11.6 Å². The van der Waals surface area contributed by atoms with Gasteiger partial charge in [-0.25, -0.2) is 9.18 Å². The van der Waals surface area contributed by atoms with Crippen molar-refractivity contribution in [3.63, 3.8) is 0 Å². The molecule has 2 aromatic carbocycles. The number of amides is 1. The predicted molar refractivity (Wildman–Crippen MR) is 116 cm³/mol. The molecule has 1 heterocycles. The topological polar surface area (TPSA) is 99.5 Å². The van der Waals surface area contributed by atoms with Crippen LogP contribution in [0.2, 0.25) is 10.0 Å². The van der Waals surface area contributed by atoms with Gasteiger partial charge in [0.05, 0.1) is 23.0 Å². The summed E-state index contributed by atoms with van der Waals surface area (Å²) in [6.07, 6.45) is 0. The summed E-state index contributed by atoms with van der Waals surface area (Å²) < 4.78 is 24.4. The first-order chi connectivity index (χ1) is 15.3. The number of rotatable bonds is 7. The normalized spacial score (nSPS) is 10.5. The van der Waals surface area contributed by atoms with Crippen LogP contribution >= 0.6 is 23.2 Å². The molecule has 0 saturated heterocycles. The second-order valence-electron chi connectivity index (χ2n) is 6.27. The maximum atomic E-state index is 13.2. The van der Waals surface area contributed by atoms with Gasteiger partial charge in [0.2, 0.25) is 0 Å². The summed E-state index contributed by atoms with van der Waals surface area (Å²) in [6, 6.07) is 10.4. The summed E-state index contributed by atoms with van der Waals surface area (Å²) in [6.45, 7) is 1.17. The minimum atomic E-state index is -0.861. The Hall–Kier alpha value is -3.43. The van der Waals surface area contributed by atoms with Crippen molar-refractivity contribution < 1.29 is 23.5 Å². The standard InChI is InChI=1S/C21H16Cl2FN3O5/c1-2-31-21(30)20-16(10-19(29)27(26-20)14-6-4-13(24)5-7-14)25-18(28)11-32-17-8-3-12(22)9-15(17)23/h3-10H,2,11H2,1H3,(H,25,28). The lowest BCUT2D eigenvalue weighted by Gasteiger charge is -2.13. The predicted octanol–water partition coefficient (Wildman–Crippen LogP) is 3.87. The Morgan fingerprint density at radius 1 is 1.12 bits per heavy atom. The Labute approximate surface area is 191 Å².